The average molecular weight is 536 g/mol. The van der Waals surface area contributed by atoms with Crippen molar-refractivity contribution in [3.63, 3.8) is 0 Å². The van der Waals surface area contributed by atoms with E-state index in [9.17, 15) is 14.4 Å². The quantitative estimate of drug-likeness (QED) is 0.510. The van der Waals surface area contributed by atoms with Crippen LogP contribution in [-0.2, 0) is 9.59 Å². The van der Waals surface area contributed by atoms with E-state index in [1.54, 1.807) is 16.2 Å². The Balaban J connectivity index is 1.22. The fourth-order valence-corrected chi connectivity index (χ4v) is 7.96. The molecule has 4 aliphatic rings. The molecular weight excluding hydrogens is 506 g/mol. The van der Waals surface area contributed by atoms with Crippen LogP contribution in [0.4, 0.5) is 10.5 Å². The monoisotopic (exact) mass is 535 g/mol. The third-order valence-corrected chi connectivity index (χ3v) is 9.82. The first-order chi connectivity index (χ1) is 18.0. The lowest BCUT2D eigenvalue weighted by atomic mass is 9.86. The minimum absolute atomic E-state index is 0.000583. The molecule has 3 N–H and O–H groups in total. The molecule has 192 valence electrons. The summed E-state index contributed by atoms with van der Waals surface area (Å²) >= 11 is 3.19. The fraction of sp³-hybridized carbons (Fsp3) is 0.370. The van der Waals surface area contributed by atoms with Crippen molar-refractivity contribution in [2.45, 2.75) is 36.7 Å². The van der Waals surface area contributed by atoms with Crippen LogP contribution < -0.4 is 20.9 Å². The zero-order valence-corrected chi connectivity index (χ0v) is 21.9. The van der Waals surface area contributed by atoms with Crippen LogP contribution in [0.25, 0.3) is 10.4 Å². The number of hydrogen-bond acceptors (Lipinski definition) is 6. The molecule has 3 fully saturated rings. The molecule has 10 heteroatoms. The van der Waals surface area contributed by atoms with E-state index < -0.39 is 0 Å². The van der Waals surface area contributed by atoms with Gasteiger partial charge < -0.3 is 20.9 Å². The van der Waals surface area contributed by atoms with E-state index in [1.807, 2.05) is 23.1 Å². The van der Waals surface area contributed by atoms with E-state index in [-0.39, 0.29) is 41.2 Å². The number of benzene rings is 1. The summed E-state index contributed by atoms with van der Waals surface area (Å²) in [6.07, 6.45) is 3.77. The topological polar surface area (TPSA) is 93.8 Å². The SMILES string of the molecule is C=CC(=O)N1CCC[C@@H](NC(=O)C2=C3NC(=O)N(c4ccc(-c5cccs5)cc4)C4CCNC(S2)C34)C1. The number of piperidine rings is 2. The van der Waals surface area contributed by atoms with Gasteiger partial charge in [0.25, 0.3) is 5.91 Å². The van der Waals surface area contributed by atoms with Crippen molar-refractivity contribution in [1.29, 1.82) is 0 Å². The standard InChI is InChI=1S/C27H29N5O3S2/c1-2-21(33)31-13-3-5-17(15-31)29-25(34)24-23-22-19(11-12-28-26(22)37-24)32(27(35)30-23)18-9-7-16(8-10-18)20-6-4-14-36-20/h2,4,6-10,14,17,19,22,26,28H,1,3,5,11-13,15H2,(H,29,34)(H,30,35)/t17-,19?,22?,26?/m1/s1. The highest BCUT2D eigenvalue weighted by atomic mass is 32.2. The highest BCUT2D eigenvalue weighted by Crippen LogP contribution is 2.48. The summed E-state index contributed by atoms with van der Waals surface area (Å²) in [5.41, 5.74) is 2.71. The predicted molar refractivity (Wildman–Crippen MR) is 147 cm³/mol. The number of likely N-dealkylation sites (tertiary alicyclic amines) is 1. The van der Waals surface area contributed by atoms with Crippen molar-refractivity contribution >= 4 is 46.6 Å². The van der Waals surface area contributed by atoms with Crippen LogP contribution in [0.15, 0.2) is 65.0 Å². The molecule has 1 aromatic heterocycles. The van der Waals surface area contributed by atoms with E-state index in [2.05, 4.69) is 46.1 Å². The molecule has 0 aliphatic carbocycles. The number of urea groups is 1. The zero-order valence-electron chi connectivity index (χ0n) is 20.3. The number of nitrogens with zero attached hydrogens (tertiary/aromatic N) is 2. The lowest BCUT2D eigenvalue weighted by Gasteiger charge is -2.45. The number of thioether (sulfide) groups is 1. The van der Waals surface area contributed by atoms with Crippen LogP contribution >= 0.6 is 23.1 Å². The highest BCUT2D eigenvalue weighted by molar-refractivity contribution is 8.04. The van der Waals surface area contributed by atoms with Gasteiger partial charge >= 0.3 is 6.03 Å². The molecule has 0 saturated carbocycles. The number of thiophene rings is 1. The molecule has 2 aromatic rings. The Morgan fingerprint density at radius 2 is 2.00 bits per heavy atom. The molecule has 0 radical (unpaired) electrons. The first kappa shape index (κ1) is 24.3. The maximum atomic E-state index is 13.4. The van der Waals surface area contributed by atoms with Gasteiger partial charge in [0, 0.05) is 41.3 Å². The summed E-state index contributed by atoms with van der Waals surface area (Å²) in [4.78, 5) is 44.2. The van der Waals surface area contributed by atoms with Gasteiger partial charge in [-0.05, 0) is 61.0 Å². The molecule has 8 nitrogen and oxygen atoms in total. The normalized spacial score (nSPS) is 27.0. The van der Waals surface area contributed by atoms with Crippen molar-refractivity contribution in [2.24, 2.45) is 5.92 Å². The van der Waals surface area contributed by atoms with Gasteiger partial charge in [-0.25, -0.2) is 4.79 Å². The molecular formula is C27H29N5O3S2. The second-order valence-corrected chi connectivity index (χ2v) is 11.8. The second kappa shape index (κ2) is 10.00. The first-order valence-electron chi connectivity index (χ1n) is 12.6. The summed E-state index contributed by atoms with van der Waals surface area (Å²) in [7, 11) is 0. The smallest absolute Gasteiger partial charge is 0.326 e. The van der Waals surface area contributed by atoms with Gasteiger partial charge in [0.15, 0.2) is 0 Å². The lowest BCUT2D eigenvalue weighted by molar-refractivity contribution is -0.128. The molecule has 0 bridgehead atoms. The molecule has 4 amide bonds. The predicted octanol–water partition coefficient (Wildman–Crippen LogP) is 3.50. The Morgan fingerprint density at radius 3 is 2.76 bits per heavy atom. The molecule has 0 spiro atoms. The van der Waals surface area contributed by atoms with Gasteiger partial charge in [-0.2, -0.15) is 0 Å². The fourth-order valence-electron chi connectivity index (χ4n) is 5.83. The molecule has 5 heterocycles. The number of carbonyl (C=O) groups excluding carboxylic acids is 3. The summed E-state index contributed by atoms with van der Waals surface area (Å²) in [5.74, 6) is -0.293. The van der Waals surface area contributed by atoms with Crippen LogP contribution in [0.3, 0.4) is 0 Å². The van der Waals surface area contributed by atoms with Crippen LogP contribution in [0.1, 0.15) is 19.3 Å². The summed E-state index contributed by atoms with van der Waals surface area (Å²) in [6, 6.07) is 11.9. The second-order valence-electron chi connectivity index (χ2n) is 9.74. The first-order valence-corrected chi connectivity index (χ1v) is 14.4. The van der Waals surface area contributed by atoms with Crippen LogP contribution in [0.5, 0.6) is 0 Å². The maximum absolute atomic E-state index is 13.4. The third-order valence-electron chi connectivity index (χ3n) is 7.54. The number of anilines is 1. The van der Waals surface area contributed by atoms with E-state index in [1.165, 1.54) is 22.7 Å². The third kappa shape index (κ3) is 4.47. The molecule has 4 aliphatic heterocycles. The van der Waals surface area contributed by atoms with Crippen molar-refractivity contribution in [3.8, 4) is 10.4 Å². The van der Waals surface area contributed by atoms with Crippen molar-refractivity contribution in [2.75, 3.05) is 24.5 Å². The van der Waals surface area contributed by atoms with E-state index in [0.29, 0.717) is 18.0 Å². The Morgan fingerprint density at radius 1 is 1.16 bits per heavy atom. The number of rotatable bonds is 5. The van der Waals surface area contributed by atoms with Gasteiger partial charge in [-0.3, -0.25) is 14.5 Å². The van der Waals surface area contributed by atoms with Gasteiger partial charge in [0.05, 0.1) is 16.3 Å². The number of nitrogens with one attached hydrogen (secondary N) is 3. The van der Waals surface area contributed by atoms with Gasteiger partial charge in [-0.1, -0.05) is 36.5 Å². The van der Waals surface area contributed by atoms with Gasteiger partial charge in [0.1, 0.15) is 0 Å². The molecule has 1 aromatic carbocycles. The Hall–Kier alpha value is -3.08. The van der Waals surface area contributed by atoms with E-state index in [4.69, 9.17) is 0 Å². The maximum Gasteiger partial charge on any atom is 0.326 e. The van der Waals surface area contributed by atoms with Crippen LogP contribution in [-0.4, -0.2) is 59.8 Å². The van der Waals surface area contributed by atoms with Crippen LogP contribution in [0.2, 0.25) is 0 Å². The van der Waals surface area contributed by atoms with Crippen LogP contribution in [0, 0.1) is 5.92 Å². The van der Waals surface area contributed by atoms with E-state index >= 15 is 0 Å². The number of carbonyl (C=O) groups is 3. The van der Waals surface area contributed by atoms with Crippen molar-refractivity contribution < 1.29 is 14.4 Å². The summed E-state index contributed by atoms with van der Waals surface area (Å²) < 4.78 is 0. The zero-order chi connectivity index (χ0) is 25.5. The summed E-state index contributed by atoms with van der Waals surface area (Å²) in [6.45, 7) is 5.50. The Kier molecular flexibility index (Phi) is 6.56. The number of amides is 4. The van der Waals surface area contributed by atoms with Gasteiger partial charge in [-0.15, -0.1) is 11.3 Å². The van der Waals surface area contributed by atoms with Crippen molar-refractivity contribution in [3.05, 3.63) is 65.0 Å². The number of hydrogen-bond donors (Lipinski definition) is 3. The molecule has 3 unspecified atom stereocenters. The lowest BCUT2D eigenvalue weighted by Crippen LogP contribution is -2.62. The van der Waals surface area contributed by atoms with E-state index in [0.717, 1.165) is 42.8 Å². The highest BCUT2D eigenvalue weighted by Gasteiger charge is 2.51. The molecule has 4 atom stereocenters. The molecule has 37 heavy (non-hydrogen) atoms. The Labute approximate surface area is 224 Å². The van der Waals surface area contributed by atoms with Gasteiger partial charge in [0.2, 0.25) is 5.91 Å². The minimum Gasteiger partial charge on any atom is -0.347 e. The molecule has 3 saturated heterocycles. The Bertz CT molecular complexity index is 1260. The summed E-state index contributed by atoms with van der Waals surface area (Å²) in [5, 5.41) is 11.8. The minimum atomic E-state index is -0.200. The van der Waals surface area contributed by atoms with Crippen molar-refractivity contribution in [1.82, 2.24) is 20.9 Å². The largest absolute Gasteiger partial charge is 0.347 e. The molecule has 6 rings (SSSR count). The average Bonchev–Trinajstić information content (AvgIpc) is 3.58.